The molecule has 1 amide bonds. The zero-order valence-electron chi connectivity index (χ0n) is 16.9. The Morgan fingerprint density at radius 2 is 1.70 bits per heavy atom. The van der Waals surface area contributed by atoms with Crippen molar-refractivity contribution in [3.8, 4) is 11.5 Å². The average molecular weight is 396 g/mol. The summed E-state index contributed by atoms with van der Waals surface area (Å²) >= 11 is 1.61. The zero-order chi connectivity index (χ0) is 20.1. The van der Waals surface area contributed by atoms with Crippen LogP contribution in [0.3, 0.4) is 0 Å². The summed E-state index contributed by atoms with van der Waals surface area (Å²) in [4.78, 5) is 27.6. The molecule has 0 saturated carbocycles. The van der Waals surface area contributed by atoms with Crippen molar-refractivity contribution in [3.63, 3.8) is 0 Å². The molecule has 1 fully saturated rings. The first-order chi connectivity index (χ1) is 12.8. The van der Waals surface area contributed by atoms with E-state index in [1.54, 1.807) is 34.9 Å². The number of carbonyl (C=O) groups is 2. The number of amides is 1. The van der Waals surface area contributed by atoms with Gasteiger partial charge in [0.2, 0.25) is 0 Å². The van der Waals surface area contributed by atoms with E-state index in [1.807, 2.05) is 27.7 Å². The van der Waals surface area contributed by atoms with E-state index in [0.717, 1.165) is 0 Å². The number of esters is 1. The van der Waals surface area contributed by atoms with Crippen LogP contribution in [0.2, 0.25) is 0 Å². The van der Waals surface area contributed by atoms with Crippen LogP contribution in [0.4, 0.5) is 0 Å². The normalized spacial score (nSPS) is 19.5. The Hall–Kier alpha value is -1.89. The van der Waals surface area contributed by atoms with Crippen LogP contribution in [-0.2, 0) is 9.53 Å². The van der Waals surface area contributed by atoms with Gasteiger partial charge in [-0.15, -0.1) is 11.8 Å². The quantitative estimate of drug-likeness (QED) is 0.659. The lowest BCUT2D eigenvalue weighted by Gasteiger charge is -2.31. The smallest absolute Gasteiger partial charge is 0.329 e. The molecular formula is C20H29NO5S. The summed E-state index contributed by atoms with van der Waals surface area (Å²) in [6.45, 7) is 8.41. The predicted octanol–water partition coefficient (Wildman–Crippen LogP) is 3.44. The number of nitrogens with zero attached hydrogens (tertiary/aromatic N) is 1. The summed E-state index contributed by atoms with van der Waals surface area (Å²) in [5.41, 5.74) is 0.431. The molecule has 1 aromatic carbocycles. The van der Waals surface area contributed by atoms with Gasteiger partial charge in [-0.2, -0.15) is 0 Å². The van der Waals surface area contributed by atoms with Gasteiger partial charge in [-0.05, 0) is 24.0 Å². The van der Waals surface area contributed by atoms with Gasteiger partial charge >= 0.3 is 5.97 Å². The van der Waals surface area contributed by atoms with Crippen LogP contribution in [0.5, 0.6) is 11.5 Å². The summed E-state index contributed by atoms with van der Waals surface area (Å²) in [5.74, 6) is 1.48. The van der Waals surface area contributed by atoms with Gasteiger partial charge in [0.05, 0.1) is 26.2 Å². The molecule has 1 aliphatic rings. The van der Waals surface area contributed by atoms with E-state index in [0.29, 0.717) is 29.4 Å². The third-order valence-corrected chi connectivity index (χ3v) is 5.89. The first kappa shape index (κ1) is 21.4. The Bertz CT molecular complexity index is 654. The maximum absolute atomic E-state index is 13.3. The second kappa shape index (κ2) is 9.35. The second-order valence-electron chi connectivity index (χ2n) is 7.32. The van der Waals surface area contributed by atoms with Gasteiger partial charge in [0.15, 0.2) is 0 Å². The van der Waals surface area contributed by atoms with Crippen LogP contribution >= 0.6 is 11.8 Å². The van der Waals surface area contributed by atoms with Gasteiger partial charge in [-0.1, -0.05) is 27.7 Å². The summed E-state index contributed by atoms with van der Waals surface area (Å²) in [7, 11) is 3.08. The van der Waals surface area contributed by atoms with Crippen LogP contribution in [0.15, 0.2) is 18.2 Å². The Kier molecular flexibility index (Phi) is 7.41. The second-order valence-corrected chi connectivity index (χ2v) is 8.47. The number of hydrogen-bond acceptors (Lipinski definition) is 6. The largest absolute Gasteiger partial charge is 0.497 e. The molecule has 1 aromatic rings. The van der Waals surface area contributed by atoms with Gasteiger partial charge in [0.25, 0.3) is 5.91 Å². The van der Waals surface area contributed by atoms with Crippen molar-refractivity contribution in [2.45, 2.75) is 39.1 Å². The zero-order valence-corrected chi connectivity index (χ0v) is 17.7. The van der Waals surface area contributed by atoms with Crippen LogP contribution in [-0.4, -0.2) is 54.8 Å². The third-order valence-electron chi connectivity index (χ3n) is 4.27. The van der Waals surface area contributed by atoms with Gasteiger partial charge in [-0.3, -0.25) is 4.79 Å². The molecule has 0 spiro atoms. The van der Waals surface area contributed by atoms with E-state index in [2.05, 4.69) is 0 Å². The highest BCUT2D eigenvalue weighted by Crippen LogP contribution is 2.36. The van der Waals surface area contributed by atoms with E-state index in [-0.39, 0.29) is 29.1 Å². The van der Waals surface area contributed by atoms with Gasteiger partial charge < -0.3 is 19.1 Å². The highest BCUT2D eigenvalue weighted by atomic mass is 32.2. The fraction of sp³-hybridized carbons (Fsp3) is 0.600. The topological polar surface area (TPSA) is 65.1 Å². The molecule has 0 aliphatic carbocycles. The molecule has 0 radical (unpaired) electrons. The molecule has 1 aliphatic heterocycles. The molecule has 7 heteroatoms. The minimum Gasteiger partial charge on any atom is -0.497 e. The first-order valence-electron chi connectivity index (χ1n) is 9.12. The fourth-order valence-electron chi connectivity index (χ4n) is 2.91. The molecule has 0 bridgehead atoms. The molecule has 2 atom stereocenters. The number of rotatable bonds is 7. The summed E-state index contributed by atoms with van der Waals surface area (Å²) < 4.78 is 16.0. The summed E-state index contributed by atoms with van der Waals surface area (Å²) in [6.07, 6.45) is 0. The molecule has 0 aromatic heterocycles. The Labute approximate surface area is 165 Å². The van der Waals surface area contributed by atoms with E-state index in [9.17, 15) is 9.59 Å². The SMILES string of the molecule is COc1cc(OC)cc(C(=O)N2C(C(=O)OCC(C)C)CSC2C(C)C)c1. The lowest BCUT2D eigenvalue weighted by Crippen LogP contribution is -2.48. The fourth-order valence-corrected chi connectivity index (χ4v) is 4.37. The molecule has 150 valence electrons. The lowest BCUT2D eigenvalue weighted by atomic mass is 10.1. The summed E-state index contributed by atoms with van der Waals surface area (Å²) in [5, 5.41) is -0.0914. The number of benzene rings is 1. The highest BCUT2D eigenvalue weighted by molar-refractivity contribution is 8.00. The molecule has 2 rings (SSSR count). The maximum atomic E-state index is 13.3. The minimum absolute atomic E-state index is 0.0914. The highest BCUT2D eigenvalue weighted by Gasteiger charge is 2.44. The van der Waals surface area contributed by atoms with E-state index >= 15 is 0 Å². The Morgan fingerprint density at radius 1 is 1.11 bits per heavy atom. The standard InChI is InChI=1S/C20H29NO5S/c1-12(2)10-26-20(23)17-11-27-19(13(3)4)21(17)18(22)14-7-15(24-5)9-16(8-14)25-6/h7-9,12-13,17,19H,10-11H2,1-6H3. The maximum Gasteiger partial charge on any atom is 0.329 e. The molecule has 1 heterocycles. The number of thioether (sulfide) groups is 1. The number of ether oxygens (including phenoxy) is 3. The lowest BCUT2D eigenvalue weighted by molar-refractivity contribution is -0.149. The summed E-state index contributed by atoms with van der Waals surface area (Å²) in [6, 6.07) is 4.46. The number of methoxy groups -OCH3 is 2. The van der Waals surface area contributed by atoms with Crippen LogP contribution in [0, 0.1) is 11.8 Å². The molecule has 0 N–H and O–H groups in total. The van der Waals surface area contributed by atoms with Gasteiger partial charge in [0.1, 0.15) is 17.5 Å². The molecular weight excluding hydrogens is 366 g/mol. The van der Waals surface area contributed by atoms with Crippen molar-refractivity contribution >= 4 is 23.6 Å². The van der Waals surface area contributed by atoms with Crippen molar-refractivity contribution in [2.24, 2.45) is 11.8 Å². The Morgan fingerprint density at radius 3 is 2.19 bits per heavy atom. The monoisotopic (exact) mass is 395 g/mol. The molecule has 27 heavy (non-hydrogen) atoms. The first-order valence-corrected chi connectivity index (χ1v) is 10.2. The van der Waals surface area contributed by atoms with Crippen molar-refractivity contribution in [1.29, 1.82) is 0 Å². The van der Waals surface area contributed by atoms with Crippen molar-refractivity contribution in [1.82, 2.24) is 4.90 Å². The van der Waals surface area contributed by atoms with E-state index < -0.39 is 6.04 Å². The van der Waals surface area contributed by atoms with Crippen LogP contribution < -0.4 is 9.47 Å². The van der Waals surface area contributed by atoms with Gasteiger partial charge in [-0.25, -0.2) is 4.79 Å². The van der Waals surface area contributed by atoms with Crippen molar-refractivity contribution < 1.29 is 23.8 Å². The van der Waals surface area contributed by atoms with Crippen molar-refractivity contribution in [2.75, 3.05) is 26.6 Å². The minimum atomic E-state index is -0.592. The third kappa shape index (κ3) is 5.09. The number of carbonyl (C=O) groups excluding carboxylic acids is 2. The van der Waals surface area contributed by atoms with E-state index in [4.69, 9.17) is 14.2 Å². The Balaban J connectivity index is 2.33. The van der Waals surface area contributed by atoms with E-state index in [1.165, 1.54) is 14.2 Å². The molecule has 1 saturated heterocycles. The molecule has 2 unspecified atom stereocenters. The van der Waals surface area contributed by atoms with Crippen molar-refractivity contribution in [3.05, 3.63) is 23.8 Å². The molecule has 6 nitrogen and oxygen atoms in total. The van der Waals surface area contributed by atoms with Gasteiger partial charge in [0, 0.05) is 17.4 Å². The van der Waals surface area contributed by atoms with Crippen LogP contribution in [0.25, 0.3) is 0 Å². The predicted molar refractivity (Wildman–Crippen MR) is 106 cm³/mol. The average Bonchev–Trinajstić information content (AvgIpc) is 3.10. The van der Waals surface area contributed by atoms with Crippen LogP contribution in [0.1, 0.15) is 38.1 Å². The number of hydrogen-bond donors (Lipinski definition) is 0.